The van der Waals surface area contributed by atoms with Crippen LogP contribution < -0.4 is 10.6 Å². The molecule has 8 nitrogen and oxygen atoms in total. The van der Waals surface area contributed by atoms with Crippen molar-refractivity contribution in [3.63, 3.8) is 0 Å². The van der Waals surface area contributed by atoms with Crippen molar-refractivity contribution in [2.45, 2.75) is 38.2 Å². The number of methoxy groups -OCH3 is 1. The zero-order valence-electron chi connectivity index (χ0n) is 18.0. The van der Waals surface area contributed by atoms with E-state index in [1.54, 1.807) is 26.4 Å². The number of aromatic nitrogens is 4. The molecule has 31 heavy (non-hydrogen) atoms. The van der Waals surface area contributed by atoms with Crippen LogP contribution in [0.25, 0.3) is 16.8 Å². The highest BCUT2D eigenvalue weighted by Crippen LogP contribution is 2.34. The van der Waals surface area contributed by atoms with E-state index in [1.165, 1.54) is 25.5 Å². The Hall–Kier alpha value is -3.26. The third-order valence-corrected chi connectivity index (χ3v) is 5.69. The molecule has 3 N–H and O–H groups in total. The summed E-state index contributed by atoms with van der Waals surface area (Å²) < 4.78 is 7.74. The van der Waals surface area contributed by atoms with Gasteiger partial charge in [-0.3, -0.25) is 4.40 Å². The smallest absolute Gasteiger partial charge is 0.161 e. The summed E-state index contributed by atoms with van der Waals surface area (Å²) in [6, 6.07) is 8.04. The Kier molecular flexibility index (Phi) is 6.57. The second-order valence-corrected chi connectivity index (χ2v) is 7.89. The summed E-state index contributed by atoms with van der Waals surface area (Å²) >= 11 is 0. The van der Waals surface area contributed by atoms with Crippen molar-refractivity contribution >= 4 is 17.7 Å². The largest absolute Gasteiger partial charge is 0.381 e. The zero-order chi connectivity index (χ0) is 21.6. The van der Waals surface area contributed by atoms with E-state index in [0.717, 1.165) is 41.4 Å². The molecule has 3 heterocycles. The number of rotatable bonds is 11. The normalized spacial score (nSPS) is 15.1. The Morgan fingerprint density at radius 1 is 1.29 bits per heavy atom. The molecule has 0 aromatic carbocycles. The summed E-state index contributed by atoms with van der Waals surface area (Å²) in [7, 11) is 3.58. The van der Waals surface area contributed by atoms with Crippen LogP contribution in [0.15, 0.2) is 48.6 Å². The number of anilines is 1. The molecule has 0 bridgehead atoms. The predicted molar refractivity (Wildman–Crippen MR) is 122 cm³/mol. The summed E-state index contributed by atoms with van der Waals surface area (Å²) in [4.78, 5) is 4.36. The van der Waals surface area contributed by atoms with Gasteiger partial charge in [0.15, 0.2) is 5.65 Å². The monoisotopic (exact) mass is 419 g/mol. The highest BCUT2D eigenvalue weighted by Gasteiger charge is 2.23. The predicted octanol–water partition coefficient (Wildman–Crippen LogP) is 3.66. The number of hydrogen-bond donors (Lipinski definition) is 3. The molecule has 1 atom stereocenters. The van der Waals surface area contributed by atoms with Gasteiger partial charge in [0.05, 0.1) is 6.10 Å². The molecule has 0 saturated heterocycles. The maximum absolute atomic E-state index is 7.23. The summed E-state index contributed by atoms with van der Waals surface area (Å²) in [5, 5.41) is 22.2. The average molecular weight is 420 g/mol. The summed E-state index contributed by atoms with van der Waals surface area (Å²) in [5.41, 5.74) is 2.88. The van der Waals surface area contributed by atoms with Crippen LogP contribution in [0.4, 0.5) is 5.82 Å². The Morgan fingerprint density at radius 2 is 2.13 bits per heavy atom. The first-order valence-corrected chi connectivity index (χ1v) is 10.7. The maximum atomic E-state index is 7.23. The van der Waals surface area contributed by atoms with Gasteiger partial charge in [0.1, 0.15) is 17.5 Å². The quantitative estimate of drug-likeness (QED) is 0.410. The minimum absolute atomic E-state index is 0.178. The summed E-state index contributed by atoms with van der Waals surface area (Å²) in [6.07, 6.45) is 12.6. The summed E-state index contributed by atoms with van der Waals surface area (Å²) in [5.74, 6) is 3.23. The minimum Gasteiger partial charge on any atom is -0.381 e. The number of nitrogens with zero attached hydrogens (tertiary/aromatic N) is 4. The number of fused-ring (bicyclic) bond motifs is 1. The lowest BCUT2D eigenvalue weighted by Gasteiger charge is -2.14. The second-order valence-electron chi connectivity index (χ2n) is 7.89. The molecule has 1 aliphatic rings. The number of ether oxygens (including phenoxy) is 1. The lowest BCUT2D eigenvalue weighted by atomic mass is 10.1. The van der Waals surface area contributed by atoms with Gasteiger partial charge in [-0.05, 0) is 60.2 Å². The van der Waals surface area contributed by atoms with E-state index in [9.17, 15) is 0 Å². The van der Waals surface area contributed by atoms with Gasteiger partial charge in [-0.15, -0.1) is 10.2 Å². The average Bonchev–Trinajstić information content (AvgIpc) is 3.55. The van der Waals surface area contributed by atoms with Crippen LogP contribution in [0.2, 0.25) is 0 Å². The Balaban J connectivity index is 1.51. The molecular formula is C23H29N7O. The van der Waals surface area contributed by atoms with Gasteiger partial charge in [-0.25, -0.2) is 4.98 Å². The van der Waals surface area contributed by atoms with Crippen molar-refractivity contribution in [3.05, 3.63) is 54.4 Å². The first kappa shape index (κ1) is 21.0. The molecule has 1 aliphatic carbocycles. The van der Waals surface area contributed by atoms with Gasteiger partial charge >= 0.3 is 0 Å². The van der Waals surface area contributed by atoms with E-state index in [-0.39, 0.29) is 6.10 Å². The zero-order valence-corrected chi connectivity index (χ0v) is 18.0. The van der Waals surface area contributed by atoms with E-state index >= 15 is 0 Å². The number of hydrogen-bond acceptors (Lipinski definition) is 7. The van der Waals surface area contributed by atoms with E-state index in [2.05, 4.69) is 31.9 Å². The Labute approximate surface area is 182 Å². The molecule has 0 spiro atoms. The van der Waals surface area contributed by atoms with Crippen LogP contribution in [-0.2, 0) is 11.2 Å². The lowest BCUT2D eigenvalue weighted by molar-refractivity contribution is 0.0905. The van der Waals surface area contributed by atoms with Gasteiger partial charge in [-0.1, -0.05) is 12.8 Å². The first-order chi connectivity index (χ1) is 15.2. The molecule has 8 heteroatoms. The fraction of sp³-hybridized carbons (Fsp3) is 0.391. The Bertz CT molecular complexity index is 1070. The Morgan fingerprint density at radius 3 is 2.87 bits per heavy atom. The fourth-order valence-corrected chi connectivity index (χ4v) is 3.68. The molecule has 4 rings (SSSR count). The van der Waals surface area contributed by atoms with Crippen LogP contribution in [-0.4, -0.2) is 46.1 Å². The van der Waals surface area contributed by atoms with Gasteiger partial charge in [-0.2, -0.15) is 0 Å². The molecule has 0 aliphatic heterocycles. The number of pyridine rings is 2. The van der Waals surface area contributed by atoms with Gasteiger partial charge < -0.3 is 20.8 Å². The molecule has 3 aromatic heterocycles. The number of allylic oxidation sites excluding steroid dienone is 1. The molecule has 0 unspecified atom stereocenters. The second kappa shape index (κ2) is 9.70. The molecule has 0 radical (unpaired) electrons. The van der Waals surface area contributed by atoms with Crippen molar-refractivity contribution in [1.29, 1.82) is 5.41 Å². The molecule has 162 valence electrons. The van der Waals surface area contributed by atoms with Crippen LogP contribution in [0.5, 0.6) is 0 Å². The topological polar surface area (TPSA) is 100 Å². The van der Waals surface area contributed by atoms with E-state index < -0.39 is 0 Å². The van der Waals surface area contributed by atoms with E-state index in [0.29, 0.717) is 11.6 Å². The summed E-state index contributed by atoms with van der Waals surface area (Å²) in [6.45, 7) is 0. The van der Waals surface area contributed by atoms with Gasteiger partial charge in [0.2, 0.25) is 0 Å². The van der Waals surface area contributed by atoms with Gasteiger partial charge in [0.25, 0.3) is 0 Å². The highest BCUT2D eigenvalue weighted by molar-refractivity contribution is 5.72. The SMILES string of the molecule is CN/C(=C\C=N)Nc1cc(-c2ccn3c(C[C@H](CCC4CC4)OC)nnc3c2)ccn1. The van der Waals surface area contributed by atoms with Crippen LogP contribution in [0.1, 0.15) is 31.5 Å². The molecule has 1 fully saturated rings. The van der Waals surface area contributed by atoms with Crippen LogP contribution in [0.3, 0.4) is 0 Å². The fourth-order valence-electron chi connectivity index (χ4n) is 3.68. The third-order valence-electron chi connectivity index (χ3n) is 5.69. The van der Waals surface area contributed by atoms with E-state index in [1.807, 2.05) is 28.8 Å². The van der Waals surface area contributed by atoms with Crippen molar-refractivity contribution in [3.8, 4) is 11.1 Å². The van der Waals surface area contributed by atoms with Crippen LogP contribution in [0, 0.1) is 11.3 Å². The molecule has 0 amide bonds. The number of nitrogens with one attached hydrogen (secondary N) is 3. The van der Waals surface area contributed by atoms with Gasteiger partial charge in [0, 0.05) is 39.2 Å². The molecule has 1 saturated carbocycles. The minimum atomic E-state index is 0.178. The molecule has 3 aromatic rings. The van der Waals surface area contributed by atoms with Crippen molar-refractivity contribution in [2.24, 2.45) is 5.92 Å². The third kappa shape index (κ3) is 5.27. The highest BCUT2D eigenvalue weighted by atomic mass is 16.5. The van der Waals surface area contributed by atoms with Crippen molar-refractivity contribution < 1.29 is 4.74 Å². The maximum Gasteiger partial charge on any atom is 0.161 e. The standard InChI is InChI=1S/C23H29N7O/c1-25-20(7-10-24)27-21-13-17(8-11-26-21)18-9-12-30-22(14-18)28-29-23(30)15-19(31-2)6-5-16-3-4-16/h7-14,16,19,24-25H,3-6,15H2,1-2H3,(H,26,27)/b20-7+,24-10?/t19-/m0/s1. The van der Waals surface area contributed by atoms with E-state index in [4.69, 9.17) is 10.1 Å². The first-order valence-electron chi connectivity index (χ1n) is 10.7. The molecular weight excluding hydrogens is 390 g/mol. The lowest BCUT2D eigenvalue weighted by Crippen LogP contribution is -2.16. The van der Waals surface area contributed by atoms with Crippen molar-refractivity contribution in [2.75, 3.05) is 19.5 Å². The van der Waals surface area contributed by atoms with Crippen LogP contribution >= 0.6 is 0 Å². The van der Waals surface area contributed by atoms with Crippen molar-refractivity contribution in [1.82, 2.24) is 24.9 Å².